The molecule has 0 radical (unpaired) electrons. The minimum absolute atomic E-state index is 0.165. The van der Waals surface area contributed by atoms with E-state index in [9.17, 15) is 0 Å². The second-order valence-corrected chi connectivity index (χ2v) is 8.24. The molecule has 2 aliphatic rings. The third-order valence-electron chi connectivity index (χ3n) is 5.95. The predicted molar refractivity (Wildman–Crippen MR) is 119 cm³/mol. The van der Waals surface area contributed by atoms with E-state index in [1.807, 2.05) is 12.1 Å². The Balaban J connectivity index is 1.70. The van der Waals surface area contributed by atoms with Crippen LogP contribution < -0.4 is 11.5 Å². The number of guanidine groups is 2. The van der Waals surface area contributed by atoms with Gasteiger partial charge in [-0.3, -0.25) is 4.99 Å². The molecule has 2 aliphatic heterocycles. The molecule has 0 saturated heterocycles. The summed E-state index contributed by atoms with van der Waals surface area (Å²) in [6, 6.07) is 21.4. The summed E-state index contributed by atoms with van der Waals surface area (Å²) in [5.74, 6) is 1.16. The van der Waals surface area contributed by atoms with Crippen molar-refractivity contribution in [1.29, 1.82) is 0 Å². The largest absolute Gasteiger partial charge is 0.370 e. The van der Waals surface area contributed by atoms with Crippen LogP contribution in [0, 0.1) is 0 Å². The van der Waals surface area contributed by atoms with E-state index in [-0.39, 0.29) is 12.1 Å². The molecule has 0 aliphatic carbocycles. The van der Waals surface area contributed by atoms with Crippen molar-refractivity contribution in [2.45, 2.75) is 44.4 Å². The quantitative estimate of drug-likeness (QED) is 0.792. The van der Waals surface area contributed by atoms with Gasteiger partial charge in [-0.1, -0.05) is 60.7 Å². The highest BCUT2D eigenvalue weighted by Crippen LogP contribution is 2.33. The summed E-state index contributed by atoms with van der Waals surface area (Å²) >= 11 is 0. The van der Waals surface area contributed by atoms with E-state index in [0.717, 1.165) is 19.4 Å². The van der Waals surface area contributed by atoms with Crippen LogP contribution in [0.2, 0.25) is 0 Å². The first kappa shape index (κ1) is 19.3. The van der Waals surface area contributed by atoms with Crippen LogP contribution in [0.1, 0.15) is 25.0 Å². The fourth-order valence-electron chi connectivity index (χ4n) is 4.66. The number of hydrogen-bond donors (Lipinski definition) is 2. The topological polar surface area (TPSA) is 83.2 Å². The molecule has 6 heteroatoms. The van der Waals surface area contributed by atoms with Gasteiger partial charge in [0.05, 0.1) is 18.6 Å². The van der Waals surface area contributed by atoms with Crippen LogP contribution in [0.15, 0.2) is 70.6 Å². The maximum atomic E-state index is 6.48. The second-order valence-electron chi connectivity index (χ2n) is 8.24. The molecule has 4 N–H and O–H groups in total. The lowest BCUT2D eigenvalue weighted by atomic mass is 9.94. The van der Waals surface area contributed by atoms with Crippen LogP contribution >= 0.6 is 0 Å². The predicted octanol–water partition coefficient (Wildman–Crippen LogP) is 2.21. The first-order valence-electron chi connectivity index (χ1n) is 10.3. The molecule has 0 saturated carbocycles. The molecule has 4 rings (SSSR count). The molecule has 2 aromatic carbocycles. The first-order valence-corrected chi connectivity index (χ1v) is 10.3. The highest BCUT2D eigenvalue weighted by molar-refractivity contribution is 5.84. The van der Waals surface area contributed by atoms with E-state index in [1.165, 1.54) is 11.1 Å². The number of benzene rings is 2. The van der Waals surface area contributed by atoms with E-state index >= 15 is 0 Å². The number of hydrogen-bond acceptors (Lipinski definition) is 6. The molecular weight excluding hydrogens is 360 g/mol. The minimum Gasteiger partial charge on any atom is -0.370 e. The molecule has 29 heavy (non-hydrogen) atoms. The molecule has 2 heterocycles. The summed E-state index contributed by atoms with van der Waals surface area (Å²) in [5.41, 5.74) is 14.9. The van der Waals surface area contributed by atoms with Crippen molar-refractivity contribution in [2.75, 3.05) is 13.1 Å². The second kappa shape index (κ2) is 7.78. The Kier molecular flexibility index (Phi) is 5.18. The molecular formula is C23H30N6. The van der Waals surface area contributed by atoms with Crippen LogP contribution in [-0.4, -0.2) is 52.6 Å². The van der Waals surface area contributed by atoms with Gasteiger partial charge in [0.1, 0.15) is 5.66 Å². The maximum Gasteiger partial charge on any atom is 0.193 e. The zero-order valence-electron chi connectivity index (χ0n) is 17.2. The van der Waals surface area contributed by atoms with E-state index in [1.54, 1.807) is 0 Å². The molecule has 0 amide bonds. The van der Waals surface area contributed by atoms with Crippen molar-refractivity contribution in [3.8, 4) is 0 Å². The Morgan fingerprint density at radius 3 is 2.17 bits per heavy atom. The van der Waals surface area contributed by atoms with Gasteiger partial charge in [-0.25, -0.2) is 4.99 Å². The van der Waals surface area contributed by atoms with Gasteiger partial charge in [-0.15, -0.1) is 0 Å². The summed E-state index contributed by atoms with van der Waals surface area (Å²) in [6.45, 7) is 5.77. The normalized spacial score (nSPS) is 23.7. The molecule has 0 spiro atoms. The SMILES string of the molecule is CC1CN(C(C)(Cc2ccccc2)N2C(N)=NCC2Cc2ccccc2)C(N)=N1. The first-order chi connectivity index (χ1) is 14.0. The van der Waals surface area contributed by atoms with Crippen molar-refractivity contribution >= 4 is 11.9 Å². The standard InChI is InChI=1S/C23H30N6/c1-17-16-28(22(25)27-17)23(2,14-19-11-7-4-8-12-19)29-20(15-26-21(29)24)13-18-9-5-3-6-10-18/h3-12,17,20H,13-16H2,1-2H3,(H2,24,26)(H2,25,27). The Morgan fingerprint density at radius 2 is 1.59 bits per heavy atom. The zero-order chi connectivity index (χ0) is 20.4. The molecule has 6 nitrogen and oxygen atoms in total. The average Bonchev–Trinajstić information content (AvgIpc) is 3.25. The van der Waals surface area contributed by atoms with Gasteiger partial charge in [-0.05, 0) is 31.4 Å². The molecule has 0 aromatic heterocycles. The summed E-state index contributed by atoms with van der Waals surface area (Å²) in [6.07, 6.45) is 1.66. The van der Waals surface area contributed by atoms with Gasteiger partial charge in [0.2, 0.25) is 0 Å². The minimum atomic E-state index is -0.455. The molecule has 152 valence electrons. The summed E-state index contributed by atoms with van der Waals surface area (Å²) in [7, 11) is 0. The van der Waals surface area contributed by atoms with Crippen LogP contribution in [0.5, 0.6) is 0 Å². The smallest absolute Gasteiger partial charge is 0.193 e. The molecule has 0 bridgehead atoms. The van der Waals surface area contributed by atoms with Crippen LogP contribution in [0.4, 0.5) is 0 Å². The Labute approximate surface area is 172 Å². The summed E-state index contributed by atoms with van der Waals surface area (Å²) in [4.78, 5) is 13.7. The highest BCUT2D eigenvalue weighted by Gasteiger charge is 2.47. The van der Waals surface area contributed by atoms with Gasteiger partial charge < -0.3 is 21.3 Å². The molecule has 0 fully saturated rings. The van der Waals surface area contributed by atoms with Gasteiger partial charge in [-0.2, -0.15) is 0 Å². The number of nitrogens with two attached hydrogens (primary N) is 2. The average molecular weight is 391 g/mol. The summed E-state index contributed by atoms with van der Waals surface area (Å²) in [5, 5.41) is 0. The number of rotatable bonds is 6. The van der Waals surface area contributed by atoms with Crippen LogP contribution in [0.25, 0.3) is 0 Å². The zero-order valence-corrected chi connectivity index (χ0v) is 17.2. The Hall–Kier alpha value is -3.02. The van der Waals surface area contributed by atoms with Gasteiger partial charge in [0, 0.05) is 13.0 Å². The fourth-order valence-corrected chi connectivity index (χ4v) is 4.66. The number of nitrogens with zero attached hydrogens (tertiary/aromatic N) is 4. The maximum absolute atomic E-state index is 6.48. The van der Waals surface area contributed by atoms with E-state index in [4.69, 9.17) is 11.5 Å². The number of aliphatic imine (C=N–C) groups is 2. The molecule has 3 unspecified atom stereocenters. The van der Waals surface area contributed by atoms with Gasteiger partial charge in [0.25, 0.3) is 0 Å². The van der Waals surface area contributed by atoms with Crippen molar-refractivity contribution in [2.24, 2.45) is 21.5 Å². The van der Waals surface area contributed by atoms with Crippen molar-refractivity contribution < 1.29 is 0 Å². The lowest BCUT2D eigenvalue weighted by Gasteiger charge is -2.49. The van der Waals surface area contributed by atoms with E-state index in [0.29, 0.717) is 18.5 Å². The van der Waals surface area contributed by atoms with Gasteiger partial charge in [0.15, 0.2) is 11.9 Å². The molecule has 3 atom stereocenters. The van der Waals surface area contributed by atoms with Crippen molar-refractivity contribution in [3.05, 3.63) is 71.8 Å². The third-order valence-corrected chi connectivity index (χ3v) is 5.95. The Morgan fingerprint density at radius 1 is 0.966 bits per heavy atom. The van der Waals surface area contributed by atoms with Crippen molar-refractivity contribution in [3.63, 3.8) is 0 Å². The third kappa shape index (κ3) is 3.79. The van der Waals surface area contributed by atoms with E-state index < -0.39 is 5.66 Å². The van der Waals surface area contributed by atoms with Gasteiger partial charge >= 0.3 is 0 Å². The van der Waals surface area contributed by atoms with Crippen molar-refractivity contribution in [1.82, 2.24) is 9.80 Å². The molecule has 2 aromatic rings. The van der Waals surface area contributed by atoms with E-state index in [2.05, 4.69) is 82.2 Å². The lowest BCUT2D eigenvalue weighted by molar-refractivity contribution is 0.0333. The lowest BCUT2D eigenvalue weighted by Crippen LogP contribution is -2.67. The van der Waals surface area contributed by atoms with Crippen LogP contribution in [0.3, 0.4) is 0 Å². The van der Waals surface area contributed by atoms with Crippen LogP contribution in [-0.2, 0) is 12.8 Å². The Bertz CT molecular complexity index is 894. The highest BCUT2D eigenvalue weighted by atomic mass is 15.5. The summed E-state index contributed by atoms with van der Waals surface area (Å²) < 4.78 is 0. The monoisotopic (exact) mass is 390 g/mol. The fraction of sp³-hybridized carbons (Fsp3) is 0.391.